The second-order valence-corrected chi connectivity index (χ2v) is 8.34. The zero-order valence-electron chi connectivity index (χ0n) is 15.3. The van der Waals surface area contributed by atoms with Crippen molar-refractivity contribution in [2.45, 2.75) is 25.2 Å². The topological polar surface area (TPSA) is 105 Å². The summed E-state index contributed by atoms with van der Waals surface area (Å²) in [6.07, 6.45) is 0.793. The molecule has 26 heavy (non-hydrogen) atoms. The Hall–Kier alpha value is -1.64. The van der Waals surface area contributed by atoms with Gasteiger partial charge in [0.05, 0.1) is 31.3 Å². The predicted molar refractivity (Wildman–Crippen MR) is 98.4 cm³/mol. The summed E-state index contributed by atoms with van der Waals surface area (Å²) in [6, 6.07) is 5.26. The lowest BCUT2D eigenvalue weighted by atomic mass is 10.1. The smallest absolute Gasteiger partial charge is 0.243 e. The lowest BCUT2D eigenvalue weighted by Gasteiger charge is -2.17. The summed E-state index contributed by atoms with van der Waals surface area (Å²) in [5.41, 5.74) is 10.2. The van der Waals surface area contributed by atoms with Crippen LogP contribution in [0.4, 0.5) is 0 Å². The van der Waals surface area contributed by atoms with Gasteiger partial charge >= 0.3 is 0 Å². The molecule has 0 saturated carbocycles. The minimum atomic E-state index is -3.45. The van der Waals surface area contributed by atoms with Crippen LogP contribution in [0.2, 0.25) is 0 Å². The second kappa shape index (κ2) is 9.89. The van der Waals surface area contributed by atoms with Crippen molar-refractivity contribution in [1.29, 1.82) is 0 Å². The summed E-state index contributed by atoms with van der Waals surface area (Å²) >= 11 is 0. The normalized spacial score (nSPS) is 18.0. The van der Waals surface area contributed by atoms with E-state index in [1.54, 1.807) is 16.4 Å². The first kappa shape index (κ1) is 20.7. The molecule has 0 aliphatic carbocycles. The number of nitrogens with zero attached hydrogens (tertiary/aromatic N) is 4. The molecular weight excluding hydrogens is 356 g/mol. The standard InChI is InChI=1S/C17H26N4O4S/c1-14-3-4-17(11-15(14)2)26(22,23)21-7-5-16(12-21)13-25-10-9-24-8-6-19-20-18/h3-4,11,16H,5-10,12-13H2,1-2H3/t16-/m0/s1. The Labute approximate surface area is 154 Å². The number of ether oxygens (including phenoxy) is 2. The second-order valence-electron chi connectivity index (χ2n) is 6.41. The van der Waals surface area contributed by atoms with E-state index in [0.717, 1.165) is 17.5 Å². The molecule has 1 fully saturated rings. The molecule has 0 spiro atoms. The molecule has 1 aliphatic heterocycles. The van der Waals surface area contributed by atoms with E-state index < -0.39 is 10.0 Å². The molecule has 1 atom stereocenters. The van der Waals surface area contributed by atoms with Crippen molar-refractivity contribution in [3.8, 4) is 0 Å². The SMILES string of the molecule is Cc1ccc(S(=O)(=O)N2CC[C@H](COCCOCCN=[N+]=[N-])C2)cc1C. The molecule has 0 N–H and O–H groups in total. The molecule has 0 radical (unpaired) electrons. The van der Waals surface area contributed by atoms with Crippen LogP contribution in [0.5, 0.6) is 0 Å². The maximum Gasteiger partial charge on any atom is 0.243 e. The van der Waals surface area contributed by atoms with Crippen molar-refractivity contribution in [3.05, 3.63) is 39.8 Å². The van der Waals surface area contributed by atoms with Gasteiger partial charge in [-0.1, -0.05) is 11.2 Å². The van der Waals surface area contributed by atoms with Crippen LogP contribution in [-0.2, 0) is 19.5 Å². The zero-order chi connectivity index (χ0) is 19.0. The van der Waals surface area contributed by atoms with Gasteiger partial charge in [-0.05, 0) is 55.0 Å². The molecule has 0 amide bonds. The summed E-state index contributed by atoms with van der Waals surface area (Å²) in [4.78, 5) is 3.00. The van der Waals surface area contributed by atoms with Crippen LogP contribution in [0.3, 0.4) is 0 Å². The highest BCUT2D eigenvalue weighted by molar-refractivity contribution is 7.89. The minimum absolute atomic E-state index is 0.194. The molecule has 144 valence electrons. The van der Waals surface area contributed by atoms with E-state index in [1.165, 1.54) is 0 Å². The fourth-order valence-electron chi connectivity index (χ4n) is 2.79. The van der Waals surface area contributed by atoms with Crippen molar-refractivity contribution in [2.75, 3.05) is 46.1 Å². The highest BCUT2D eigenvalue weighted by atomic mass is 32.2. The molecule has 1 aromatic rings. The van der Waals surface area contributed by atoms with Crippen LogP contribution < -0.4 is 0 Å². The van der Waals surface area contributed by atoms with E-state index >= 15 is 0 Å². The van der Waals surface area contributed by atoms with Gasteiger partial charge < -0.3 is 9.47 Å². The van der Waals surface area contributed by atoms with Gasteiger partial charge in [0.25, 0.3) is 0 Å². The number of sulfonamides is 1. The van der Waals surface area contributed by atoms with Gasteiger partial charge in [0.1, 0.15) is 0 Å². The molecule has 1 saturated heterocycles. The first-order chi connectivity index (χ1) is 12.4. The lowest BCUT2D eigenvalue weighted by molar-refractivity contribution is 0.0377. The largest absolute Gasteiger partial charge is 0.379 e. The van der Waals surface area contributed by atoms with Gasteiger partial charge in [0, 0.05) is 24.5 Å². The third kappa shape index (κ3) is 5.69. The van der Waals surface area contributed by atoms with Gasteiger partial charge in [0.2, 0.25) is 10.0 Å². The fraction of sp³-hybridized carbons (Fsp3) is 0.647. The summed E-state index contributed by atoms with van der Waals surface area (Å²) in [6.45, 7) is 6.95. The van der Waals surface area contributed by atoms with Gasteiger partial charge in [-0.15, -0.1) is 0 Å². The molecule has 1 aromatic carbocycles. The Kier molecular flexibility index (Phi) is 7.86. The summed E-state index contributed by atoms with van der Waals surface area (Å²) in [7, 11) is -3.45. The Bertz CT molecular complexity index is 747. The summed E-state index contributed by atoms with van der Waals surface area (Å²) < 4.78 is 37.9. The molecule has 0 bridgehead atoms. The molecule has 9 heteroatoms. The van der Waals surface area contributed by atoms with Crippen LogP contribution in [0.15, 0.2) is 28.2 Å². The molecule has 0 unspecified atom stereocenters. The number of hydrogen-bond acceptors (Lipinski definition) is 5. The van der Waals surface area contributed by atoms with Crippen LogP contribution in [0, 0.1) is 19.8 Å². The third-order valence-corrected chi connectivity index (χ3v) is 6.35. The van der Waals surface area contributed by atoms with Crippen molar-refractivity contribution in [2.24, 2.45) is 11.0 Å². The van der Waals surface area contributed by atoms with E-state index in [0.29, 0.717) is 51.0 Å². The monoisotopic (exact) mass is 382 g/mol. The molecule has 8 nitrogen and oxygen atoms in total. The molecule has 1 aliphatic rings. The Balaban J connectivity index is 1.75. The van der Waals surface area contributed by atoms with E-state index in [1.807, 2.05) is 19.9 Å². The van der Waals surface area contributed by atoms with Gasteiger partial charge in [0.15, 0.2) is 0 Å². The Morgan fingerprint density at radius 2 is 2.00 bits per heavy atom. The number of azide groups is 1. The molecule has 0 aromatic heterocycles. The first-order valence-electron chi connectivity index (χ1n) is 8.69. The van der Waals surface area contributed by atoms with Gasteiger partial charge in [-0.3, -0.25) is 0 Å². The quantitative estimate of drug-likeness (QED) is 0.268. The minimum Gasteiger partial charge on any atom is -0.379 e. The van der Waals surface area contributed by atoms with E-state index in [9.17, 15) is 8.42 Å². The maximum atomic E-state index is 12.8. The van der Waals surface area contributed by atoms with Crippen LogP contribution in [0.25, 0.3) is 10.4 Å². The maximum absolute atomic E-state index is 12.8. The number of benzene rings is 1. The fourth-order valence-corrected chi connectivity index (χ4v) is 4.41. The van der Waals surface area contributed by atoms with E-state index in [2.05, 4.69) is 10.0 Å². The summed E-state index contributed by atoms with van der Waals surface area (Å²) in [5, 5.41) is 3.37. The highest BCUT2D eigenvalue weighted by Gasteiger charge is 2.32. The van der Waals surface area contributed by atoms with Crippen LogP contribution in [-0.4, -0.2) is 58.8 Å². The zero-order valence-corrected chi connectivity index (χ0v) is 16.1. The molecule has 2 rings (SSSR count). The Morgan fingerprint density at radius 3 is 2.73 bits per heavy atom. The van der Waals surface area contributed by atoms with E-state index in [4.69, 9.17) is 15.0 Å². The average molecular weight is 382 g/mol. The van der Waals surface area contributed by atoms with Crippen molar-refractivity contribution in [3.63, 3.8) is 0 Å². The van der Waals surface area contributed by atoms with Crippen molar-refractivity contribution >= 4 is 10.0 Å². The molecular formula is C17H26N4O4S. The first-order valence-corrected chi connectivity index (χ1v) is 10.1. The van der Waals surface area contributed by atoms with Gasteiger partial charge in [-0.25, -0.2) is 8.42 Å². The summed E-state index contributed by atoms with van der Waals surface area (Å²) in [5.74, 6) is 0.194. The number of aryl methyl sites for hydroxylation is 2. The predicted octanol–water partition coefficient (Wildman–Crippen LogP) is 2.66. The molecule has 1 heterocycles. The Morgan fingerprint density at radius 1 is 1.23 bits per heavy atom. The number of hydrogen-bond donors (Lipinski definition) is 0. The van der Waals surface area contributed by atoms with E-state index in [-0.39, 0.29) is 5.92 Å². The van der Waals surface area contributed by atoms with Gasteiger partial charge in [-0.2, -0.15) is 4.31 Å². The highest BCUT2D eigenvalue weighted by Crippen LogP contribution is 2.25. The van der Waals surface area contributed by atoms with Crippen molar-refractivity contribution < 1.29 is 17.9 Å². The van der Waals surface area contributed by atoms with Crippen molar-refractivity contribution in [1.82, 2.24) is 4.31 Å². The van der Waals surface area contributed by atoms with Crippen LogP contribution >= 0.6 is 0 Å². The van der Waals surface area contributed by atoms with Crippen LogP contribution in [0.1, 0.15) is 17.5 Å². The number of rotatable bonds is 10. The lowest BCUT2D eigenvalue weighted by Crippen LogP contribution is -2.29. The third-order valence-electron chi connectivity index (χ3n) is 4.49. The average Bonchev–Trinajstić information content (AvgIpc) is 3.09.